The van der Waals surface area contributed by atoms with Gasteiger partial charge in [-0.3, -0.25) is 9.59 Å². The first-order valence-corrected chi connectivity index (χ1v) is 4.94. The summed E-state index contributed by atoms with van der Waals surface area (Å²) in [5, 5.41) is 14.5. The highest BCUT2D eigenvalue weighted by atomic mass is 16.3. The van der Waals surface area contributed by atoms with Crippen LogP contribution in [0.15, 0.2) is 0 Å². The van der Waals surface area contributed by atoms with Gasteiger partial charge in [-0.2, -0.15) is 0 Å². The standard InChI is InChI=1S/C9H19N3O3/c1-3-11-4-6(2)9(15)12-5-7(13)8(10)14/h6-7,11,13H,3-5H2,1-2H3,(H2,10,14)(H,12,15). The van der Waals surface area contributed by atoms with Crippen LogP contribution in [0.5, 0.6) is 0 Å². The van der Waals surface area contributed by atoms with Crippen LogP contribution >= 0.6 is 0 Å². The van der Waals surface area contributed by atoms with Gasteiger partial charge in [0.25, 0.3) is 0 Å². The van der Waals surface area contributed by atoms with Crippen LogP contribution in [-0.2, 0) is 9.59 Å². The Kier molecular flexibility index (Phi) is 6.64. The second kappa shape index (κ2) is 7.19. The van der Waals surface area contributed by atoms with E-state index in [2.05, 4.69) is 10.6 Å². The van der Waals surface area contributed by atoms with E-state index in [9.17, 15) is 9.59 Å². The zero-order chi connectivity index (χ0) is 11.8. The molecule has 0 aromatic heterocycles. The number of hydrogen-bond donors (Lipinski definition) is 4. The number of amides is 2. The minimum Gasteiger partial charge on any atom is -0.381 e. The summed E-state index contributed by atoms with van der Waals surface area (Å²) in [6.45, 7) is 4.93. The fourth-order valence-corrected chi connectivity index (χ4v) is 0.926. The van der Waals surface area contributed by atoms with E-state index in [1.807, 2.05) is 6.92 Å². The van der Waals surface area contributed by atoms with Gasteiger partial charge in [-0.25, -0.2) is 0 Å². The molecule has 0 fully saturated rings. The molecule has 0 aliphatic heterocycles. The number of hydrogen-bond acceptors (Lipinski definition) is 4. The molecule has 0 bridgehead atoms. The van der Waals surface area contributed by atoms with Gasteiger partial charge in [-0.15, -0.1) is 0 Å². The quantitative estimate of drug-likeness (QED) is 0.403. The third-order valence-electron chi connectivity index (χ3n) is 1.95. The second-order valence-electron chi connectivity index (χ2n) is 3.37. The Labute approximate surface area is 89.2 Å². The normalized spacial score (nSPS) is 14.3. The summed E-state index contributed by atoms with van der Waals surface area (Å²) in [5.74, 6) is -1.25. The Bertz CT molecular complexity index is 221. The number of nitrogens with two attached hydrogens (primary N) is 1. The lowest BCUT2D eigenvalue weighted by atomic mass is 10.1. The SMILES string of the molecule is CCNCC(C)C(=O)NCC(O)C(N)=O. The van der Waals surface area contributed by atoms with Crippen LogP contribution in [0.25, 0.3) is 0 Å². The van der Waals surface area contributed by atoms with E-state index < -0.39 is 12.0 Å². The van der Waals surface area contributed by atoms with E-state index >= 15 is 0 Å². The molecule has 15 heavy (non-hydrogen) atoms. The fraction of sp³-hybridized carbons (Fsp3) is 0.778. The minimum atomic E-state index is -1.32. The molecule has 2 amide bonds. The van der Waals surface area contributed by atoms with Crippen molar-refractivity contribution in [1.82, 2.24) is 10.6 Å². The van der Waals surface area contributed by atoms with E-state index in [-0.39, 0.29) is 18.4 Å². The molecule has 2 unspecified atom stereocenters. The highest BCUT2D eigenvalue weighted by Gasteiger charge is 2.15. The number of carbonyl (C=O) groups excluding carboxylic acids is 2. The van der Waals surface area contributed by atoms with Crippen molar-refractivity contribution in [2.24, 2.45) is 11.7 Å². The van der Waals surface area contributed by atoms with E-state index in [1.165, 1.54) is 0 Å². The van der Waals surface area contributed by atoms with E-state index in [1.54, 1.807) is 6.92 Å². The molecule has 0 spiro atoms. The number of aliphatic hydroxyl groups is 1. The molecular formula is C9H19N3O3. The fourth-order valence-electron chi connectivity index (χ4n) is 0.926. The van der Waals surface area contributed by atoms with Crippen LogP contribution in [0.4, 0.5) is 0 Å². The van der Waals surface area contributed by atoms with Gasteiger partial charge < -0.3 is 21.5 Å². The average molecular weight is 217 g/mol. The van der Waals surface area contributed by atoms with Crippen LogP contribution in [-0.4, -0.2) is 42.7 Å². The molecule has 0 aromatic rings. The Morgan fingerprint density at radius 3 is 2.47 bits per heavy atom. The molecule has 0 saturated heterocycles. The van der Waals surface area contributed by atoms with Crippen molar-refractivity contribution < 1.29 is 14.7 Å². The zero-order valence-electron chi connectivity index (χ0n) is 9.12. The van der Waals surface area contributed by atoms with Crippen LogP contribution in [0.3, 0.4) is 0 Å². The van der Waals surface area contributed by atoms with Crippen molar-refractivity contribution in [2.45, 2.75) is 20.0 Å². The van der Waals surface area contributed by atoms with Crippen LogP contribution < -0.4 is 16.4 Å². The van der Waals surface area contributed by atoms with Crippen molar-refractivity contribution in [3.8, 4) is 0 Å². The zero-order valence-corrected chi connectivity index (χ0v) is 9.12. The molecule has 2 atom stereocenters. The van der Waals surface area contributed by atoms with Crippen molar-refractivity contribution >= 4 is 11.8 Å². The van der Waals surface area contributed by atoms with Crippen LogP contribution in [0.2, 0.25) is 0 Å². The molecule has 0 aromatic carbocycles. The van der Waals surface area contributed by atoms with Gasteiger partial charge >= 0.3 is 0 Å². The molecule has 0 heterocycles. The maximum atomic E-state index is 11.4. The van der Waals surface area contributed by atoms with Gasteiger partial charge in [0.1, 0.15) is 6.10 Å². The lowest BCUT2D eigenvalue weighted by Gasteiger charge is -2.13. The number of aliphatic hydroxyl groups excluding tert-OH is 1. The molecule has 0 saturated carbocycles. The molecule has 0 aliphatic rings. The van der Waals surface area contributed by atoms with Gasteiger partial charge in [-0.05, 0) is 6.54 Å². The predicted molar refractivity (Wildman–Crippen MR) is 55.9 cm³/mol. The van der Waals surface area contributed by atoms with E-state index in [0.717, 1.165) is 6.54 Å². The summed E-state index contributed by atoms with van der Waals surface area (Å²) < 4.78 is 0. The van der Waals surface area contributed by atoms with Crippen LogP contribution in [0.1, 0.15) is 13.8 Å². The van der Waals surface area contributed by atoms with Gasteiger partial charge in [0.15, 0.2) is 0 Å². The molecular weight excluding hydrogens is 198 g/mol. The first kappa shape index (κ1) is 13.9. The third kappa shape index (κ3) is 6.03. The lowest BCUT2D eigenvalue weighted by molar-refractivity contribution is -0.128. The highest BCUT2D eigenvalue weighted by Crippen LogP contribution is 1.92. The molecule has 6 nitrogen and oxygen atoms in total. The third-order valence-corrected chi connectivity index (χ3v) is 1.95. The van der Waals surface area contributed by atoms with Crippen molar-refractivity contribution in [3.05, 3.63) is 0 Å². The maximum Gasteiger partial charge on any atom is 0.248 e. The Morgan fingerprint density at radius 1 is 1.40 bits per heavy atom. The Balaban J connectivity index is 3.77. The lowest BCUT2D eigenvalue weighted by Crippen LogP contribution is -2.43. The summed E-state index contributed by atoms with van der Waals surface area (Å²) in [6.07, 6.45) is -1.32. The summed E-state index contributed by atoms with van der Waals surface area (Å²) in [4.78, 5) is 21.8. The predicted octanol–water partition coefficient (Wildman–Crippen LogP) is -1.81. The number of nitrogens with one attached hydrogen (secondary N) is 2. The largest absolute Gasteiger partial charge is 0.381 e. The first-order valence-electron chi connectivity index (χ1n) is 4.94. The van der Waals surface area contributed by atoms with Crippen molar-refractivity contribution in [3.63, 3.8) is 0 Å². The second-order valence-corrected chi connectivity index (χ2v) is 3.37. The van der Waals surface area contributed by atoms with Gasteiger partial charge in [0.05, 0.1) is 6.54 Å². The molecule has 6 heteroatoms. The van der Waals surface area contributed by atoms with E-state index in [0.29, 0.717) is 6.54 Å². The average Bonchev–Trinajstić information content (AvgIpc) is 2.21. The van der Waals surface area contributed by atoms with Gasteiger partial charge in [0.2, 0.25) is 11.8 Å². The van der Waals surface area contributed by atoms with Gasteiger partial charge in [-0.1, -0.05) is 13.8 Å². The smallest absolute Gasteiger partial charge is 0.248 e. The molecule has 0 aliphatic carbocycles. The Hall–Kier alpha value is -1.14. The molecule has 88 valence electrons. The minimum absolute atomic E-state index is 0.134. The number of rotatable bonds is 7. The van der Waals surface area contributed by atoms with E-state index in [4.69, 9.17) is 10.8 Å². The molecule has 0 radical (unpaired) electrons. The number of carbonyl (C=O) groups is 2. The van der Waals surface area contributed by atoms with Crippen molar-refractivity contribution in [1.29, 1.82) is 0 Å². The van der Waals surface area contributed by atoms with Gasteiger partial charge in [0, 0.05) is 12.5 Å². The monoisotopic (exact) mass is 217 g/mol. The summed E-state index contributed by atoms with van der Waals surface area (Å²) in [6, 6.07) is 0. The topological polar surface area (TPSA) is 104 Å². The highest BCUT2D eigenvalue weighted by molar-refractivity contribution is 5.81. The van der Waals surface area contributed by atoms with Crippen LogP contribution in [0, 0.1) is 5.92 Å². The summed E-state index contributed by atoms with van der Waals surface area (Å²) in [7, 11) is 0. The molecule has 5 N–H and O–H groups in total. The summed E-state index contributed by atoms with van der Waals surface area (Å²) >= 11 is 0. The van der Waals surface area contributed by atoms with Crippen molar-refractivity contribution in [2.75, 3.05) is 19.6 Å². The maximum absolute atomic E-state index is 11.4. The number of primary amides is 1. The Morgan fingerprint density at radius 2 is 2.00 bits per heavy atom. The first-order chi connectivity index (χ1) is 6.99. The molecule has 0 rings (SSSR count). The summed E-state index contributed by atoms with van der Waals surface area (Å²) in [5.41, 5.74) is 4.83.